The molecule has 0 aliphatic carbocycles. The molecule has 0 saturated carbocycles. The van der Waals surface area contributed by atoms with Gasteiger partial charge in [-0.3, -0.25) is 4.79 Å². The van der Waals surface area contributed by atoms with Gasteiger partial charge in [0.05, 0.1) is 5.41 Å². The number of urea groups is 1. The lowest BCUT2D eigenvalue weighted by Crippen LogP contribution is -2.51. The Bertz CT molecular complexity index is 571. The molecule has 0 aliphatic heterocycles. The number of carboxylic acids is 1. The Balaban J connectivity index is 2.37. The fourth-order valence-electron chi connectivity index (χ4n) is 2.42. The fourth-order valence-corrected chi connectivity index (χ4v) is 2.42. The number of hydrogen-bond acceptors (Lipinski definition) is 3. The summed E-state index contributed by atoms with van der Waals surface area (Å²) in [6.07, 6.45) is 0.377. The molecular formula is C19H31N3O3. The third kappa shape index (κ3) is 7.56. The molecule has 1 unspecified atom stereocenters. The van der Waals surface area contributed by atoms with E-state index in [0.29, 0.717) is 19.5 Å². The number of carboxylic acid groups (broad SMARTS) is 1. The first-order chi connectivity index (χ1) is 11.5. The average molecular weight is 349 g/mol. The van der Waals surface area contributed by atoms with Gasteiger partial charge in [0, 0.05) is 24.7 Å². The van der Waals surface area contributed by atoms with Gasteiger partial charge in [-0.25, -0.2) is 4.79 Å². The molecule has 0 fully saturated rings. The third-order valence-electron chi connectivity index (χ3n) is 4.21. The molecule has 1 aromatic carbocycles. The molecular weight excluding hydrogens is 318 g/mol. The van der Waals surface area contributed by atoms with Crippen LogP contribution < -0.4 is 16.0 Å². The maximum absolute atomic E-state index is 11.9. The van der Waals surface area contributed by atoms with Crippen LogP contribution in [-0.4, -0.2) is 35.7 Å². The third-order valence-corrected chi connectivity index (χ3v) is 4.21. The Labute approximate surface area is 150 Å². The maximum Gasteiger partial charge on any atom is 0.314 e. The number of nitrogens with one attached hydrogen (secondary N) is 3. The minimum atomic E-state index is -0.866. The number of benzene rings is 1. The predicted octanol–water partition coefficient (Wildman–Crippen LogP) is 2.92. The molecule has 2 amide bonds. The highest BCUT2D eigenvalue weighted by Crippen LogP contribution is 2.19. The molecule has 0 bridgehead atoms. The highest BCUT2D eigenvalue weighted by Gasteiger charge is 2.27. The lowest BCUT2D eigenvalue weighted by atomic mass is 9.90. The maximum atomic E-state index is 11.9. The second-order valence-corrected chi connectivity index (χ2v) is 7.71. The summed E-state index contributed by atoms with van der Waals surface area (Å²) in [6.45, 7) is 10.2. The van der Waals surface area contributed by atoms with Crippen LogP contribution in [0.15, 0.2) is 30.3 Å². The van der Waals surface area contributed by atoms with Crippen LogP contribution in [-0.2, 0) is 4.79 Å². The van der Waals surface area contributed by atoms with Gasteiger partial charge in [0.15, 0.2) is 0 Å². The first kappa shape index (κ1) is 21.0. The van der Waals surface area contributed by atoms with Crippen molar-refractivity contribution in [3.63, 3.8) is 0 Å². The van der Waals surface area contributed by atoms with Gasteiger partial charge in [-0.2, -0.15) is 0 Å². The summed E-state index contributed by atoms with van der Waals surface area (Å²) in [6, 6.07) is 10.0. The lowest BCUT2D eigenvalue weighted by molar-refractivity contribution is -0.147. The van der Waals surface area contributed by atoms with E-state index in [9.17, 15) is 9.59 Å². The first-order valence-electron chi connectivity index (χ1n) is 8.61. The van der Waals surface area contributed by atoms with Crippen LogP contribution >= 0.6 is 0 Å². The fraction of sp³-hybridized carbons (Fsp3) is 0.579. The van der Waals surface area contributed by atoms with Crippen molar-refractivity contribution in [1.82, 2.24) is 16.0 Å². The van der Waals surface area contributed by atoms with Gasteiger partial charge in [-0.05, 0) is 46.6 Å². The largest absolute Gasteiger partial charge is 0.481 e. The molecule has 1 atom stereocenters. The van der Waals surface area contributed by atoms with E-state index in [0.717, 1.165) is 0 Å². The van der Waals surface area contributed by atoms with Crippen molar-refractivity contribution >= 4 is 12.0 Å². The lowest BCUT2D eigenvalue weighted by Gasteiger charge is -2.31. The van der Waals surface area contributed by atoms with Crippen LogP contribution in [0.4, 0.5) is 4.79 Å². The molecule has 0 aliphatic rings. The highest BCUT2D eigenvalue weighted by atomic mass is 16.4. The topological polar surface area (TPSA) is 90.5 Å². The van der Waals surface area contributed by atoms with E-state index in [1.54, 1.807) is 13.8 Å². The van der Waals surface area contributed by atoms with Gasteiger partial charge in [-0.15, -0.1) is 0 Å². The smallest absolute Gasteiger partial charge is 0.314 e. The number of carbonyl (C=O) groups is 2. The predicted molar refractivity (Wildman–Crippen MR) is 99.5 cm³/mol. The minimum Gasteiger partial charge on any atom is -0.481 e. The SMILES string of the molecule is CC(NC(C)(C)CNC(=O)NCCC(C)(C)C(=O)O)c1ccccc1. The van der Waals surface area contributed by atoms with Crippen molar-refractivity contribution in [2.45, 2.75) is 52.6 Å². The quantitative estimate of drug-likeness (QED) is 0.552. The molecule has 0 heterocycles. The molecule has 25 heavy (non-hydrogen) atoms. The number of aliphatic carboxylic acids is 1. The number of rotatable bonds is 9. The van der Waals surface area contributed by atoms with Crippen molar-refractivity contribution in [3.05, 3.63) is 35.9 Å². The van der Waals surface area contributed by atoms with E-state index < -0.39 is 11.4 Å². The average Bonchev–Trinajstić information content (AvgIpc) is 2.53. The number of hydrogen-bond donors (Lipinski definition) is 4. The zero-order valence-corrected chi connectivity index (χ0v) is 15.8. The Kier molecular flexibility index (Phi) is 7.42. The summed E-state index contributed by atoms with van der Waals surface area (Å²) >= 11 is 0. The number of amides is 2. The second kappa shape index (κ2) is 8.85. The van der Waals surface area contributed by atoms with Crippen LogP contribution in [0.5, 0.6) is 0 Å². The zero-order valence-electron chi connectivity index (χ0n) is 15.8. The highest BCUT2D eigenvalue weighted by molar-refractivity contribution is 5.75. The number of carbonyl (C=O) groups excluding carboxylic acids is 1. The summed E-state index contributed by atoms with van der Waals surface area (Å²) in [5.74, 6) is -0.866. The summed E-state index contributed by atoms with van der Waals surface area (Å²) < 4.78 is 0. The van der Waals surface area contributed by atoms with Crippen LogP contribution in [0.2, 0.25) is 0 Å². The summed E-state index contributed by atoms with van der Waals surface area (Å²) in [5.41, 5.74) is 0.0579. The standard InChI is InChI=1S/C19H31N3O3/c1-14(15-9-7-6-8-10-15)22-19(4,5)13-21-17(25)20-12-11-18(2,3)16(23)24/h6-10,14,22H,11-13H2,1-5H3,(H,23,24)(H2,20,21,25). The van der Waals surface area contributed by atoms with E-state index in [4.69, 9.17) is 5.11 Å². The van der Waals surface area contributed by atoms with Crippen LogP contribution in [0, 0.1) is 5.41 Å². The monoisotopic (exact) mass is 349 g/mol. The minimum absolute atomic E-state index is 0.164. The van der Waals surface area contributed by atoms with Crippen molar-refractivity contribution in [3.8, 4) is 0 Å². The van der Waals surface area contributed by atoms with Crippen molar-refractivity contribution in [1.29, 1.82) is 0 Å². The molecule has 1 rings (SSSR count). The van der Waals surface area contributed by atoms with E-state index in [1.165, 1.54) is 5.56 Å². The van der Waals surface area contributed by atoms with Crippen LogP contribution in [0.1, 0.15) is 52.6 Å². The van der Waals surface area contributed by atoms with Crippen molar-refractivity contribution < 1.29 is 14.7 Å². The van der Waals surface area contributed by atoms with Crippen molar-refractivity contribution in [2.24, 2.45) is 5.41 Å². The molecule has 0 saturated heterocycles. The van der Waals surface area contributed by atoms with Crippen LogP contribution in [0.25, 0.3) is 0 Å². The van der Waals surface area contributed by atoms with Gasteiger partial charge >= 0.3 is 12.0 Å². The normalized spacial score (nSPS) is 13.2. The van der Waals surface area contributed by atoms with Crippen LogP contribution in [0.3, 0.4) is 0 Å². The van der Waals surface area contributed by atoms with Gasteiger partial charge < -0.3 is 21.1 Å². The Morgan fingerprint density at radius 3 is 2.24 bits per heavy atom. The molecule has 140 valence electrons. The molecule has 1 aromatic rings. The molecule has 4 N–H and O–H groups in total. The van der Waals surface area contributed by atoms with E-state index in [-0.39, 0.29) is 17.6 Å². The summed E-state index contributed by atoms with van der Waals surface area (Å²) in [5, 5.41) is 18.1. The van der Waals surface area contributed by atoms with E-state index in [1.807, 2.05) is 32.0 Å². The Morgan fingerprint density at radius 2 is 1.68 bits per heavy atom. The Hall–Kier alpha value is -2.08. The molecule has 6 nitrogen and oxygen atoms in total. The van der Waals surface area contributed by atoms with Crippen molar-refractivity contribution in [2.75, 3.05) is 13.1 Å². The van der Waals surface area contributed by atoms with Gasteiger partial charge in [0.1, 0.15) is 0 Å². The first-order valence-corrected chi connectivity index (χ1v) is 8.61. The van der Waals surface area contributed by atoms with Gasteiger partial charge in [-0.1, -0.05) is 30.3 Å². The van der Waals surface area contributed by atoms with Gasteiger partial charge in [0.2, 0.25) is 0 Å². The van der Waals surface area contributed by atoms with E-state index >= 15 is 0 Å². The molecule has 0 radical (unpaired) electrons. The zero-order chi connectivity index (χ0) is 19.1. The van der Waals surface area contributed by atoms with E-state index in [2.05, 4.69) is 35.0 Å². The molecule has 0 spiro atoms. The van der Waals surface area contributed by atoms with Gasteiger partial charge in [0.25, 0.3) is 0 Å². The second-order valence-electron chi connectivity index (χ2n) is 7.71. The molecule has 6 heteroatoms. The summed E-state index contributed by atoms with van der Waals surface area (Å²) in [7, 11) is 0. The molecule has 0 aromatic heterocycles. The summed E-state index contributed by atoms with van der Waals surface area (Å²) in [4.78, 5) is 22.9. The Morgan fingerprint density at radius 1 is 1.08 bits per heavy atom.